The molecule has 35 heavy (non-hydrogen) atoms. The summed E-state index contributed by atoms with van der Waals surface area (Å²) in [6.07, 6.45) is 10.9. The van der Waals surface area contributed by atoms with E-state index in [-0.39, 0.29) is 0 Å². The van der Waals surface area contributed by atoms with Gasteiger partial charge in [0.05, 0.1) is 16.4 Å². The second-order valence-electron chi connectivity index (χ2n) is 11.0. The van der Waals surface area contributed by atoms with E-state index in [0.29, 0.717) is 16.5 Å². The minimum absolute atomic E-state index is 0.425. The van der Waals surface area contributed by atoms with Crippen LogP contribution in [0, 0.1) is 11.3 Å². The van der Waals surface area contributed by atoms with Gasteiger partial charge in [0.1, 0.15) is 5.82 Å². The van der Waals surface area contributed by atoms with E-state index in [1.54, 1.807) is 0 Å². The first kappa shape index (κ1) is 25.0. The van der Waals surface area contributed by atoms with Gasteiger partial charge in [-0.3, -0.25) is 0 Å². The molecule has 0 bridgehead atoms. The lowest BCUT2D eigenvalue weighted by Crippen LogP contribution is -2.46. The van der Waals surface area contributed by atoms with Crippen LogP contribution in [0.2, 0.25) is 5.02 Å². The monoisotopic (exact) mass is 557 g/mol. The highest BCUT2D eigenvalue weighted by Gasteiger charge is 2.34. The van der Waals surface area contributed by atoms with E-state index in [1.165, 1.54) is 45.2 Å². The number of rotatable bonds is 6. The number of nitrogens with zero attached hydrogens (tertiary/aromatic N) is 4. The molecule has 1 aromatic carbocycles. The fraction of sp³-hybridized carbons (Fsp3) is 0.571. The maximum absolute atomic E-state index is 6.50. The number of anilines is 1. The molecule has 1 aliphatic heterocycles. The Morgan fingerprint density at radius 3 is 2.49 bits per heavy atom. The van der Waals surface area contributed by atoms with E-state index < -0.39 is 0 Å². The Labute approximate surface area is 222 Å². The van der Waals surface area contributed by atoms with Crippen molar-refractivity contribution in [1.82, 2.24) is 19.5 Å². The summed E-state index contributed by atoms with van der Waals surface area (Å²) in [4.78, 5) is 7.60. The van der Waals surface area contributed by atoms with Crippen LogP contribution in [0.1, 0.15) is 65.7 Å². The molecule has 0 amide bonds. The van der Waals surface area contributed by atoms with Gasteiger partial charge in [0.2, 0.25) is 0 Å². The lowest BCUT2D eigenvalue weighted by atomic mass is 9.68. The fourth-order valence-electron chi connectivity index (χ4n) is 5.98. The third-order valence-electron chi connectivity index (χ3n) is 8.69. The smallest absolute Gasteiger partial charge is 0.172 e. The van der Waals surface area contributed by atoms with Gasteiger partial charge in [-0.25, -0.2) is 4.98 Å². The highest BCUT2D eigenvalue weighted by molar-refractivity contribution is 9.10. The lowest BCUT2D eigenvalue weighted by molar-refractivity contribution is 0.0725. The summed E-state index contributed by atoms with van der Waals surface area (Å²) < 4.78 is 2.78. The second-order valence-corrected chi connectivity index (χ2v) is 12.3. The van der Waals surface area contributed by atoms with Crippen molar-refractivity contribution in [2.45, 2.75) is 77.8 Å². The molecule has 1 saturated carbocycles. The van der Waals surface area contributed by atoms with Crippen LogP contribution in [0.25, 0.3) is 16.9 Å². The first-order valence-corrected chi connectivity index (χ1v) is 14.3. The van der Waals surface area contributed by atoms with Crippen LogP contribution in [0.4, 0.5) is 5.82 Å². The van der Waals surface area contributed by atoms with Crippen molar-refractivity contribution in [1.29, 1.82) is 0 Å². The highest BCUT2D eigenvalue weighted by atomic mass is 79.9. The average Bonchev–Trinajstić information content (AvgIpc) is 3.26. The number of nitrogens with one attached hydrogen (secondary N) is 1. The molecule has 2 aromatic heterocycles. The van der Waals surface area contributed by atoms with E-state index in [9.17, 15) is 0 Å². The molecular formula is C28H37BrClN5. The summed E-state index contributed by atoms with van der Waals surface area (Å²) in [6.45, 7) is 9.60. The molecular weight excluding hydrogens is 522 g/mol. The Morgan fingerprint density at radius 2 is 1.80 bits per heavy atom. The minimum atomic E-state index is 0.425. The first-order chi connectivity index (χ1) is 16.9. The molecule has 0 atom stereocenters. The number of piperidine rings is 1. The zero-order valence-electron chi connectivity index (χ0n) is 21.1. The zero-order chi connectivity index (χ0) is 24.6. The third kappa shape index (κ3) is 5.26. The maximum Gasteiger partial charge on any atom is 0.172 e. The molecule has 188 valence electrons. The Balaban J connectivity index is 1.25. The van der Waals surface area contributed by atoms with E-state index in [1.807, 2.05) is 35.0 Å². The Kier molecular flexibility index (Phi) is 7.43. The van der Waals surface area contributed by atoms with Gasteiger partial charge in [-0.2, -0.15) is 9.61 Å². The molecule has 5 rings (SSSR count). The van der Waals surface area contributed by atoms with Gasteiger partial charge in [0.15, 0.2) is 5.65 Å². The van der Waals surface area contributed by atoms with Gasteiger partial charge in [0, 0.05) is 41.8 Å². The molecule has 7 heteroatoms. The molecule has 5 nitrogen and oxygen atoms in total. The van der Waals surface area contributed by atoms with Crippen molar-refractivity contribution >= 4 is 39.0 Å². The average molecular weight is 559 g/mol. The largest absolute Gasteiger partial charge is 0.367 e. The summed E-state index contributed by atoms with van der Waals surface area (Å²) in [6, 6.07) is 11.1. The van der Waals surface area contributed by atoms with Crippen LogP contribution >= 0.6 is 27.5 Å². The summed E-state index contributed by atoms with van der Waals surface area (Å²) >= 11 is 10.1. The summed E-state index contributed by atoms with van der Waals surface area (Å²) in [5.41, 5.74) is 3.08. The molecule has 0 spiro atoms. The van der Waals surface area contributed by atoms with Gasteiger partial charge in [-0.15, -0.1) is 0 Å². The molecule has 1 aliphatic carbocycles. The Bertz CT molecular complexity index is 1160. The fourth-order valence-corrected chi connectivity index (χ4v) is 6.56. The Hall–Kier alpha value is -1.63. The van der Waals surface area contributed by atoms with Crippen molar-refractivity contribution in [3.8, 4) is 11.3 Å². The van der Waals surface area contributed by atoms with Crippen LogP contribution in [-0.2, 0) is 0 Å². The number of hydrogen-bond acceptors (Lipinski definition) is 4. The minimum Gasteiger partial charge on any atom is -0.367 e. The number of benzene rings is 1. The standard InChI is InChI=1S/C28H37BrClN5/c1-4-28(2,3)19-9-11-21(12-10-19)34-15-13-20(14-16-34)32-26-17-25(22-7-5-6-8-24(22)30)33-27-23(29)18-31-35(26)27/h5-8,17-21,32H,4,9-16H2,1-3H3. The summed E-state index contributed by atoms with van der Waals surface area (Å²) in [5, 5.41) is 9.06. The molecule has 3 heterocycles. The van der Waals surface area contributed by atoms with Crippen LogP contribution in [-0.4, -0.2) is 44.7 Å². The maximum atomic E-state index is 6.50. The van der Waals surface area contributed by atoms with Crippen LogP contribution in [0.15, 0.2) is 41.0 Å². The molecule has 2 aliphatic rings. The van der Waals surface area contributed by atoms with Gasteiger partial charge in [-0.05, 0) is 71.9 Å². The van der Waals surface area contributed by atoms with Crippen molar-refractivity contribution < 1.29 is 0 Å². The number of likely N-dealkylation sites (tertiary alicyclic amines) is 1. The quantitative estimate of drug-likeness (QED) is 0.337. The van der Waals surface area contributed by atoms with Crippen molar-refractivity contribution in [3.05, 3.63) is 46.0 Å². The molecule has 0 radical (unpaired) electrons. The molecule has 3 aromatic rings. The van der Waals surface area contributed by atoms with Crippen LogP contribution < -0.4 is 5.32 Å². The number of aromatic nitrogens is 3. The van der Waals surface area contributed by atoms with Crippen molar-refractivity contribution in [3.63, 3.8) is 0 Å². The number of halogens is 2. The van der Waals surface area contributed by atoms with E-state index in [0.717, 1.165) is 52.0 Å². The van der Waals surface area contributed by atoms with Crippen LogP contribution in [0.5, 0.6) is 0 Å². The second kappa shape index (κ2) is 10.4. The van der Waals surface area contributed by atoms with Gasteiger partial charge in [0.25, 0.3) is 0 Å². The predicted molar refractivity (Wildman–Crippen MR) is 149 cm³/mol. The Morgan fingerprint density at radius 1 is 1.09 bits per heavy atom. The SMILES string of the molecule is CCC(C)(C)C1CCC(N2CCC(Nc3cc(-c4ccccc4Cl)nc4c(Br)cnn34)CC2)CC1. The van der Waals surface area contributed by atoms with E-state index in [4.69, 9.17) is 16.6 Å². The predicted octanol–water partition coefficient (Wildman–Crippen LogP) is 7.68. The zero-order valence-corrected chi connectivity index (χ0v) is 23.4. The number of fused-ring (bicyclic) bond motifs is 1. The molecule has 1 N–H and O–H groups in total. The third-order valence-corrected chi connectivity index (χ3v) is 9.58. The highest BCUT2D eigenvalue weighted by Crippen LogP contribution is 2.42. The molecule has 1 saturated heterocycles. The van der Waals surface area contributed by atoms with Crippen molar-refractivity contribution in [2.24, 2.45) is 11.3 Å². The lowest BCUT2D eigenvalue weighted by Gasteiger charge is -2.44. The molecule has 2 fully saturated rings. The number of hydrogen-bond donors (Lipinski definition) is 1. The van der Waals surface area contributed by atoms with Crippen LogP contribution in [0.3, 0.4) is 0 Å². The summed E-state index contributed by atoms with van der Waals surface area (Å²) in [5.74, 6) is 1.86. The van der Waals surface area contributed by atoms with Gasteiger partial charge >= 0.3 is 0 Å². The normalized spacial score (nSPS) is 22.5. The van der Waals surface area contributed by atoms with Crippen molar-refractivity contribution in [2.75, 3.05) is 18.4 Å². The van der Waals surface area contributed by atoms with E-state index in [2.05, 4.69) is 58.1 Å². The first-order valence-electron chi connectivity index (χ1n) is 13.2. The van der Waals surface area contributed by atoms with Gasteiger partial charge in [-0.1, -0.05) is 57.0 Å². The van der Waals surface area contributed by atoms with E-state index >= 15 is 0 Å². The summed E-state index contributed by atoms with van der Waals surface area (Å²) in [7, 11) is 0. The topological polar surface area (TPSA) is 45.5 Å². The molecule has 0 unspecified atom stereocenters. The van der Waals surface area contributed by atoms with Gasteiger partial charge < -0.3 is 10.2 Å².